The van der Waals surface area contributed by atoms with E-state index >= 15 is 0 Å². The Bertz CT molecular complexity index is 924. The molecule has 0 radical (unpaired) electrons. The number of anilines is 2. The second kappa shape index (κ2) is 10.1. The minimum atomic E-state index is -0.539. The van der Waals surface area contributed by atoms with Crippen molar-refractivity contribution in [1.29, 1.82) is 0 Å². The Kier molecular flexibility index (Phi) is 7.30. The summed E-state index contributed by atoms with van der Waals surface area (Å²) < 4.78 is 0. The summed E-state index contributed by atoms with van der Waals surface area (Å²) in [6, 6.07) is 11.7. The average molecular weight is 429 g/mol. The van der Waals surface area contributed by atoms with Crippen LogP contribution >= 0.6 is 11.6 Å². The number of hydrogen-bond acceptors (Lipinski definition) is 4. The third-order valence-corrected chi connectivity index (χ3v) is 5.23. The number of nitrogens with two attached hydrogens (primary N) is 1. The van der Waals surface area contributed by atoms with Crippen LogP contribution in [0.15, 0.2) is 42.5 Å². The molecule has 4 N–H and O–H groups in total. The number of hydrogen-bond donors (Lipinski definition) is 3. The van der Waals surface area contributed by atoms with Gasteiger partial charge >= 0.3 is 0 Å². The van der Waals surface area contributed by atoms with Gasteiger partial charge in [0, 0.05) is 42.2 Å². The number of rotatable bonds is 8. The van der Waals surface area contributed by atoms with Gasteiger partial charge < -0.3 is 21.3 Å². The van der Waals surface area contributed by atoms with E-state index in [1.807, 2.05) is 6.07 Å². The Morgan fingerprint density at radius 2 is 1.67 bits per heavy atom. The van der Waals surface area contributed by atoms with Crippen molar-refractivity contribution in [2.45, 2.75) is 25.7 Å². The SMILES string of the molecule is NC(=O)c1ccc(N2CCCC2)c(NC(=O)CCCNC(=O)c2ccc(Cl)cc2)c1. The zero-order valence-electron chi connectivity index (χ0n) is 16.6. The molecule has 2 aromatic rings. The van der Waals surface area contributed by atoms with Crippen LogP contribution in [-0.2, 0) is 4.79 Å². The van der Waals surface area contributed by atoms with Crippen LogP contribution < -0.4 is 21.3 Å². The summed E-state index contributed by atoms with van der Waals surface area (Å²) in [6.07, 6.45) is 2.91. The third kappa shape index (κ3) is 5.73. The van der Waals surface area contributed by atoms with E-state index in [0.29, 0.717) is 34.8 Å². The van der Waals surface area contributed by atoms with Gasteiger partial charge in [0.15, 0.2) is 0 Å². The highest BCUT2D eigenvalue weighted by molar-refractivity contribution is 6.30. The highest BCUT2D eigenvalue weighted by Crippen LogP contribution is 2.30. The summed E-state index contributed by atoms with van der Waals surface area (Å²) >= 11 is 5.82. The number of primary amides is 1. The molecule has 2 aromatic carbocycles. The molecule has 1 saturated heterocycles. The predicted octanol–water partition coefficient (Wildman–Crippen LogP) is 3.19. The van der Waals surface area contributed by atoms with Gasteiger partial charge in [0.05, 0.1) is 11.4 Å². The van der Waals surface area contributed by atoms with E-state index in [-0.39, 0.29) is 18.2 Å². The van der Waals surface area contributed by atoms with E-state index in [4.69, 9.17) is 17.3 Å². The molecule has 0 aliphatic carbocycles. The lowest BCUT2D eigenvalue weighted by molar-refractivity contribution is -0.116. The van der Waals surface area contributed by atoms with Gasteiger partial charge in [-0.25, -0.2) is 0 Å². The highest BCUT2D eigenvalue weighted by atomic mass is 35.5. The van der Waals surface area contributed by atoms with Gasteiger partial charge in [-0.3, -0.25) is 14.4 Å². The van der Waals surface area contributed by atoms with Crippen LogP contribution in [0.3, 0.4) is 0 Å². The van der Waals surface area contributed by atoms with Crippen LogP contribution in [0.5, 0.6) is 0 Å². The van der Waals surface area contributed by atoms with Crippen molar-refractivity contribution in [1.82, 2.24) is 5.32 Å². The number of amides is 3. The highest BCUT2D eigenvalue weighted by Gasteiger charge is 2.18. The number of nitrogens with one attached hydrogen (secondary N) is 2. The molecule has 1 aliphatic heterocycles. The first-order valence-electron chi connectivity index (χ1n) is 9.96. The molecular weight excluding hydrogens is 404 g/mol. The molecule has 0 bridgehead atoms. The normalized spacial score (nSPS) is 13.2. The van der Waals surface area contributed by atoms with Gasteiger partial charge in [-0.2, -0.15) is 0 Å². The van der Waals surface area contributed by atoms with Crippen molar-refractivity contribution in [3.05, 3.63) is 58.6 Å². The van der Waals surface area contributed by atoms with Crippen LogP contribution in [0.1, 0.15) is 46.4 Å². The Balaban J connectivity index is 1.53. The van der Waals surface area contributed by atoms with Crippen molar-refractivity contribution >= 4 is 40.7 Å². The molecule has 0 spiro atoms. The van der Waals surface area contributed by atoms with Crippen LogP contribution in [0, 0.1) is 0 Å². The number of carbonyl (C=O) groups excluding carboxylic acids is 3. The minimum Gasteiger partial charge on any atom is -0.370 e. The first kappa shape index (κ1) is 21.6. The standard InChI is InChI=1S/C22H25ClN4O3/c23-17-8-5-15(6-9-17)22(30)25-11-3-4-20(28)26-18-14-16(21(24)29)7-10-19(18)27-12-1-2-13-27/h5-10,14H,1-4,11-13H2,(H2,24,29)(H,25,30)(H,26,28). The summed E-state index contributed by atoms with van der Waals surface area (Å²) in [7, 11) is 0. The molecular formula is C22H25ClN4O3. The van der Waals surface area contributed by atoms with Crippen molar-refractivity contribution in [2.24, 2.45) is 5.73 Å². The Morgan fingerprint density at radius 1 is 1.00 bits per heavy atom. The largest absolute Gasteiger partial charge is 0.370 e. The average Bonchev–Trinajstić information content (AvgIpc) is 3.26. The Labute approximate surface area is 180 Å². The molecule has 0 saturated carbocycles. The van der Waals surface area contributed by atoms with E-state index in [1.54, 1.807) is 36.4 Å². The fourth-order valence-electron chi connectivity index (χ4n) is 3.39. The monoisotopic (exact) mass is 428 g/mol. The van der Waals surface area contributed by atoms with E-state index in [0.717, 1.165) is 31.6 Å². The first-order chi connectivity index (χ1) is 14.4. The maximum absolute atomic E-state index is 12.4. The zero-order chi connectivity index (χ0) is 21.5. The van der Waals surface area contributed by atoms with Gasteiger partial charge in [0.2, 0.25) is 11.8 Å². The fraction of sp³-hybridized carbons (Fsp3) is 0.318. The maximum atomic E-state index is 12.4. The second-order valence-electron chi connectivity index (χ2n) is 7.20. The van der Waals surface area contributed by atoms with Crippen molar-refractivity contribution in [3.63, 3.8) is 0 Å². The molecule has 30 heavy (non-hydrogen) atoms. The quantitative estimate of drug-likeness (QED) is 0.561. The molecule has 158 valence electrons. The number of halogens is 1. The zero-order valence-corrected chi connectivity index (χ0v) is 17.4. The summed E-state index contributed by atoms with van der Waals surface area (Å²) in [5.74, 6) is -0.932. The number of benzene rings is 2. The summed E-state index contributed by atoms with van der Waals surface area (Å²) in [4.78, 5) is 38.2. The molecule has 1 aliphatic rings. The molecule has 1 fully saturated rings. The van der Waals surface area contributed by atoms with Gasteiger partial charge in [0.25, 0.3) is 5.91 Å². The van der Waals surface area contributed by atoms with Crippen molar-refractivity contribution < 1.29 is 14.4 Å². The molecule has 0 atom stereocenters. The van der Waals surface area contributed by atoms with Crippen molar-refractivity contribution in [3.8, 4) is 0 Å². The van der Waals surface area contributed by atoms with Crippen LogP contribution in [0.2, 0.25) is 5.02 Å². The lowest BCUT2D eigenvalue weighted by Gasteiger charge is -2.22. The Hall–Kier alpha value is -3.06. The lowest BCUT2D eigenvalue weighted by Crippen LogP contribution is -2.26. The third-order valence-electron chi connectivity index (χ3n) is 4.97. The minimum absolute atomic E-state index is 0.183. The molecule has 1 heterocycles. The van der Waals surface area contributed by atoms with Gasteiger partial charge in [-0.15, -0.1) is 0 Å². The molecule has 0 unspecified atom stereocenters. The van der Waals surface area contributed by atoms with Crippen molar-refractivity contribution in [2.75, 3.05) is 29.9 Å². The van der Waals surface area contributed by atoms with Crippen LogP contribution in [-0.4, -0.2) is 37.4 Å². The molecule has 3 rings (SSSR count). The predicted molar refractivity (Wildman–Crippen MR) is 118 cm³/mol. The van der Waals surface area contributed by atoms with Gasteiger partial charge in [0.1, 0.15) is 0 Å². The van der Waals surface area contributed by atoms with E-state index < -0.39 is 5.91 Å². The first-order valence-corrected chi connectivity index (χ1v) is 10.3. The molecule has 8 heteroatoms. The summed E-state index contributed by atoms with van der Waals surface area (Å²) in [5, 5.41) is 6.25. The van der Waals surface area contributed by atoms with Crippen LogP contribution in [0.25, 0.3) is 0 Å². The summed E-state index contributed by atoms with van der Waals surface area (Å²) in [5.41, 5.74) is 7.73. The fourth-order valence-corrected chi connectivity index (χ4v) is 3.52. The number of nitrogens with zero attached hydrogens (tertiary/aromatic N) is 1. The summed E-state index contributed by atoms with van der Waals surface area (Å²) in [6.45, 7) is 2.19. The maximum Gasteiger partial charge on any atom is 0.251 e. The second-order valence-corrected chi connectivity index (χ2v) is 7.64. The van der Waals surface area contributed by atoms with E-state index in [2.05, 4.69) is 15.5 Å². The Morgan fingerprint density at radius 3 is 2.33 bits per heavy atom. The molecule has 3 amide bonds. The smallest absolute Gasteiger partial charge is 0.251 e. The topological polar surface area (TPSA) is 105 Å². The van der Waals surface area contributed by atoms with Gasteiger partial charge in [-0.05, 0) is 61.7 Å². The molecule has 0 aromatic heterocycles. The lowest BCUT2D eigenvalue weighted by atomic mass is 10.1. The van der Waals surface area contributed by atoms with Gasteiger partial charge in [-0.1, -0.05) is 11.6 Å². The van der Waals surface area contributed by atoms with E-state index in [1.165, 1.54) is 0 Å². The van der Waals surface area contributed by atoms with E-state index in [9.17, 15) is 14.4 Å². The van der Waals surface area contributed by atoms with Crippen LogP contribution in [0.4, 0.5) is 11.4 Å². The number of carbonyl (C=O) groups is 3. The molecule has 7 nitrogen and oxygen atoms in total.